The van der Waals surface area contributed by atoms with E-state index in [-0.39, 0.29) is 13.2 Å². The molecule has 0 aromatic heterocycles. The number of hydrogen-bond acceptors (Lipinski definition) is 4. The second-order valence-corrected chi connectivity index (χ2v) is 5.34. The fourth-order valence-electron chi connectivity index (χ4n) is 1.28. The number of benzene rings is 1. The van der Waals surface area contributed by atoms with Crippen molar-refractivity contribution < 1.29 is 22.3 Å². The van der Waals surface area contributed by atoms with E-state index >= 15 is 0 Å². The zero-order valence-electron chi connectivity index (χ0n) is 9.49. The number of nitrogens with one attached hydrogen (secondary N) is 1. The molecule has 1 aromatic carbocycles. The minimum Gasteiger partial charge on any atom is -0.396 e. The van der Waals surface area contributed by atoms with Gasteiger partial charge < -0.3 is 10.8 Å². The van der Waals surface area contributed by atoms with Gasteiger partial charge in [0.05, 0.1) is 0 Å². The Bertz CT molecular complexity index is 520. The number of halogens is 2. The van der Waals surface area contributed by atoms with Crippen LogP contribution in [0.4, 0.5) is 14.5 Å². The maximum atomic E-state index is 13.5. The Balaban J connectivity index is 2.89. The van der Waals surface area contributed by atoms with Gasteiger partial charge in [-0.05, 0) is 25.0 Å². The molecule has 0 fully saturated rings. The fourth-order valence-corrected chi connectivity index (χ4v) is 2.44. The van der Waals surface area contributed by atoms with Gasteiger partial charge in [-0.15, -0.1) is 0 Å². The number of aliphatic hydroxyl groups is 1. The molecule has 0 saturated heterocycles. The molecule has 102 valence electrons. The Hall–Kier alpha value is -1.25. The Kier molecular flexibility index (Phi) is 5.00. The number of hydrogen-bond donors (Lipinski definition) is 3. The summed E-state index contributed by atoms with van der Waals surface area (Å²) in [6.07, 6.45) is 0.838. The van der Waals surface area contributed by atoms with Gasteiger partial charge in [0.1, 0.15) is 16.4 Å². The van der Waals surface area contributed by atoms with Crippen molar-refractivity contribution in [3.8, 4) is 0 Å². The Labute approximate surface area is 104 Å². The molecule has 1 rings (SSSR count). The van der Waals surface area contributed by atoms with Gasteiger partial charge in [0, 0.05) is 13.2 Å². The second kappa shape index (κ2) is 6.07. The topological polar surface area (TPSA) is 92.4 Å². The predicted octanol–water partition coefficient (Wildman–Crippen LogP) is 0.598. The number of unbranched alkanes of at least 4 members (excludes halogenated alkanes) is 1. The van der Waals surface area contributed by atoms with Gasteiger partial charge >= 0.3 is 0 Å². The van der Waals surface area contributed by atoms with Crippen molar-refractivity contribution in [2.45, 2.75) is 17.7 Å². The molecular weight excluding hydrogens is 266 g/mol. The number of anilines is 1. The average Bonchev–Trinajstić information content (AvgIpc) is 2.31. The lowest BCUT2D eigenvalue weighted by atomic mass is 10.3. The zero-order chi connectivity index (χ0) is 13.8. The Morgan fingerprint density at radius 2 is 1.94 bits per heavy atom. The Morgan fingerprint density at radius 3 is 2.56 bits per heavy atom. The maximum absolute atomic E-state index is 13.5. The third kappa shape index (κ3) is 3.37. The first-order chi connectivity index (χ1) is 8.40. The molecule has 1 aromatic rings. The summed E-state index contributed by atoms with van der Waals surface area (Å²) in [5.41, 5.74) is 4.25. The van der Waals surface area contributed by atoms with Gasteiger partial charge in [0.25, 0.3) is 0 Å². The first-order valence-electron chi connectivity index (χ1n) is 5.24. The van der Waals surface area contributed by atoms with Crippen molar-refractivity contribution >= 4 is 15.7 Å². The van der Waals surface area contributed by atoms with E-state index in [9.17, 15) is 17.2 Å². The van der Waals surface area contributed by atoms with Crippen LogP contribution in [0.3, 0.4) is 0 Å². The smallest absolute Gasteiger partial charge is 0.243 e. The number of aliphatic hydroxyl groups excluding tert-OH is 1. The summed E-state index contributed by atoms with van der Waals surface area (Å²) in [6, 6.07) is 1.61. The minimum atomic E-state index is -4.06. The van der Waals surface area contributed by atoms with Crippen molar-refractivity contribution in [2.24, 2.45) is 0 Å². The highest BCUT2D eigenvalue weighted by Gasteiger charge is 2.21. The zero-order valence-corrected chi connectivity index (χ0v) is 10.3. The average molecular weight is 280 g/mol. The van der Waals surface area contributed by atoms with Gasteiger partial charge in [-0.2, -0.15) is 0 Å². The van der Waals surface area contributed by atoms with Crippen LogP contribution in [0.15, 0.2) is 17.0 Å². The Morgan fingerprint density at radius 1 is 1.28 bits per heavy atom. The van der Waals surface area contributed by atoms with Gasteiger partial charge in [0.15, 0.2) is 5.82 Å². The number of rotatable bonds is 6. The summed E-state index contributed by atoms with van der Waals surface area (Å²) in [7, 11) is -4.06. The van der Waals surface area contributed by atoms with E-state index in [0.29, 0.717) is 12.8 Å². The monoisotopic (exact) mass is 280 g/mol. The molecule has 0 amide bonds. The van der Waals surface area contributed by atoms with E-state index in [1.54, 1.807) is 0 Å². The molecule has 5 nitrogen and oxygen atoms in total. The normalized spacial score (nSPS) is 11.7. The van der Waals surface area contributed by atoms with Gasteiger partial charge in [-0.3, -0.25) is 0 Å². The minimum absolute atomic E-state index is 0.0552. The summed E-state index contributed by atoms with van der Waals surface area (Å²) in [5, 5.41) is 8.53. The molecule has 0 aliphatic heterocycles. The lowest BCUT2D eigenvalue weighted by Gasteiger charge is -2.09. The third-order valence-electron chi connectivity index (χ3n) is 2.26. The van der Waals surface area contributed by atoms with Crippen molar-refractivity contribution in [3.05, 3.63) is 23.8 Å². The first-order valence-corrected chi connectivity index (χ1v) is 6.72. The van der Waals surface area contributed by atoms with E-state index in [1.165, 1.54) is 0 Å². The largest absolute Gasteiger partial charge is 0.396 e. The maximum Gasteiger partial charge on any atom is 0.243 e. The molecule has 18 heavy (non-hydrogen) atoms. The molecular formula is C10H14F2N2O3S. The lowest BCUT2D eigenvalue weighted by molar-refractivity contribution is 0.285. The molecule has 0 aliphatic rings. The first kappa shape index (κ1) is 14.8. The van der Waals surface area contributed by atoms with E-state index in [2.05, 4.69) is 4.72 Å². The number of sulfonamides is 1. The molecule has 0 saturated carbocycles. The summed E-state index contributed by atoms with van der Waals surface area (Å²) in [6.45, 7) is -0.000794. The van der Waals surface area contributed by atoms with Crippen LogP contribution in [0.5, 0.6) is 0 Å². The highest BCUT2D eigenvalue weighted by molar-refractivity contribution is 7.89. The van der Waals surface area contributed by atoms with Crippen LogP contribution in [0, 0.1) is 11.6 Å². The lowest BCUT2D eigenvalue weighted by Crippen LogP contribution is -2.26. The quantitative estimate of drug-likeness (QED) is 0.525. The molecule has 0 atom stereocenters. The van der Waals surface area contributed by atoms with Crippen molar-refractivity contribution in [1.82, 2.24) is 4.72 Å². The SMILES string of the molecule is Nc1c(F)ccc(S(=O)(=O)NCCCCO)c1F. The van der Waals surface area contributed by atoms with Crippen LogP contribution >= 0.6 is 0 Å². The molecule has 8 heteroatoms. The van der Waals surface area contributed by atoms with Crippen LogP contribution in [-0.4, -0.2) is 26.7 Å². The van der Waals surface area contributed by atoms with Crippen LogP contribution in [0.25, 0.3) is 0 Å². The molecule has 0 radical (unpaired) electrons. The van der Waals surface area contributed by atoms with E-state index in [1.807, 2.05) is 0 Å². The summed E-state index contributed by atoms with van der Waals surface area (Å²) in [4.78, 5) is -0.689. The standard InChI is InChI=1S/C10H14F2N2O3S/c11-7-3-4-8(9(12)10(7)13)18(16,17)14-5-1-2-6-15/h3-4,14-15H,1-2,5-6,13H2. The van der Waals surface area contributed by atoms with Crippen LogP contribution < -0.4 is 10.5 Å². The summed E-state index contributed by atoms with van der Waals surface area (Å²) < 4.78 is 51.9. The summed E-state index contributed by atoms with van der Waals surface area (Å²) in [5.74, 6) is -2.31. The van der Waals surface area contributed by atoms with Crippen molar-refractivity contribution in [2.75, 3.05) is 18.9 Å². The molecule has 0 spiro atoms. The van der Waals surface area contributed by atoms with Crippen LogP contribution in [0.2, 0.25) is 0 Å². The van der Waals surface area contributed by atoms with Crippen LogP contribution in [-0.2, 0) is 10.0 Å². The number of nitrogen functional groups attached to an aromatic ring is 1. The highest BCUT2D eigenvalue weighted by atomic mass is 32.2. The predicted molar refractivity (Wildman–Crippen MR) is 62.3 cm³/mol. The van der Waals surface area contributed by atoms with E-state index < -0.39 is 32.2 Å². The van der Waals surface area contributed by atoms with E-state index in [0.717, 1.165) is 12.1 Å². The second-order valence-electron chi connectivity index (χ2n) is 3.60. The van der Waals surface area contributed by atoms with Gasteiger partial charge in [-0.1, -0.05) is 0 Å². The summed E-state index contributed by atoms with van der Waals surface area (Å²) >= 11 is 0. The molecule has 4 N–H and O–H groups in total. The van der Waals surface area contributed by atoms with Gasteiger partial charge in [0.2, 0.25) is 10.0 Å². The molecule has 0 aliphatic carbocycles. The van der Waals surface area contributed by atoms with E-state index in [4.69, 9.17) is 10.8 Å². The van der Waals surface area contributed by atoms with Gasteiger partial charge in [-0.25, -0.2) is 21.9 Å². The number of nitrogens with two attached hydrogens (primary N) is 1. The third-order valence-corrected chi connectivity index (χ3v) is 3.74. The van der Waals surface area contributed by atoms with Crippen molar-refractivity contribution in [3.63, 3.8) is 0 Å². The molecule has 0 bridgehead atoms. The highest BCUT2D eigenvalue weighted by Crippen LogP contribution is 2.22. The molecule has 0 unspecified atom stereocenters. The van der Waals surface area contributed by atoms with Crippen molar-refractivity contribution in [1.29, 1.82) is 0 Å². The fraction of sp³-hybridized carbons (Fsp3) is 0.400. The van der Waals surface area contributed by atoms with Crippen LogP contribution in [0.1, 0.15) is 12.8 Å². The molecule has 0 heterocycles.